The first-order valence-corrected chi connectivity index (χ1v) is 7.41. The first-order valence-electron chi connectivity index (χ1n) is 6.60. The zero-order chi connectivity index (χ0) is 13.1. The zero-order valence-electron chi connectivity index (χ0n) is 10.7. The number of hydrogen-bond donors (Lipinski definition) is 0. The fraction of sp³-hybridized carbons (Fsp3) is 0.235. The molecule has 0 saturated heterocycles. The molecular weight excluding hydrogens is 252 g/mol. The number of thioether (sulfide) groups is 1. The molecule has 0 heterocycles. The quantitative estimate of drug-likeness (QED) is 0.738. The Balaban J connectivity index is 1.68. The van der Waals surface area contributed by atoms with E-state index in [9.17, 15) is 4.79 Å². The topological polar surface area (TPSA) is 17.1 Å². The van der Waals surface area contributed by atoms with Crippen LogP contribution in [-0.4, -0.2) is 10.5 Å². The van der Waals surface area contributed by atoms with Crippen molar-refractivity contribution >= 4 is 17.5 Å². The van der Waals surface area contributed by atoms with E-state index in [2.05, 4.69) is 24.3 Å². The number of hydrogen-bond acceptors (Lipinski definition) is 2. The van der Waals surface area contributed by atoms with E-state index in [0.717, 1.165) is 18.4 Å². The largest absolute Gasteiger partial charge is 0.294 e. The Kier molecular flexibility index (Phi) is 3.43. The molecule has 2 aromatic carbocycles. The molecule has 1 fully saturated rings. The molecule has 2 aromatic rings. The molecule has 1 nitrogen and oxygen atoms in total. The molecule has 0 spiro atoms. The highest BCUT2D eigenvalue weighted by molar-refractivity contribution is 8.01. The second-order valence-corrected chi connectivity index (χ2v) is 6.61. The lowest BCUT2D eigenvalue weighted by atomic mass is 10.1. The van der Waals surface area contributed by atoms with Crippen LogP contribution in [0.25, 0.3) is 0 Å². The van der Waals surface area contributed by atoms with E-state index in [1.165, 1.54) is 4.90 Å². The van der Waals surface area contributed by atoms with Crippen LogP contribution in [0.2, 0.25) is 0 Å². The maximum absolute atomic E-state index is 12.3. The van der Waals surface area contributed by atoms with Gasteiger partial charge in [-0.1, -0.05) is 48.5 Å². The molecule has 0 aliphatic heterocycles. The Bertz CT molecular complexity index is 558. The summed E-state index contributed by atoms with van der Waals surface area (Å²) in [6.07, 6.45) is 2.94. The summed E-state index contributed by atoms with van der Waals surface area (Å²) >= 11 is 1.86. The zero-order valence-corrected chi connectivity index (χ0v) is 11.5. The van der Waals surface area contributed by atoms with Crippen LogP contribution in [0.5, 0.6) is 0 Å². The molecule has 0 radical (unpaired) electrons. The van der Waals surface area contributed by atoms with Gasteiger partial charge in [-0.05, 0) is 25.0 Å². The Labute approximate surface area is 118 Å². The molecule has 1 saturated carbocycles. The van der Waals surface area contributed by atoms with Crippen LogP contribution >= 0.6 is 11.8 Å². The molecule has 2 heteroatoms. The van der Waals surface area contributed by atoms with Crippen LogP contribution in [-0.2, 0) is 0 Å². The first kappa shape index (κ1) is 12.5. The minimum absolute atomic E-state index is 0.147. The molecule has 96 valence electrons. The van der Waals surface area contributed by atoms with Crippen LogP contribution in [0.1, 0.15) is 29.6 Å². The van der Waals surface area contributed by atoms with Crippen molar-refractivity contribution in [3.63, 3.8) is 0 Å². The molecule has 1 aliphatic carbocycles. The van der Waals surface area contributed by atoms with E-state index in [0.29, 0.717) is 6.42 Å². The van der Waals surface area contributed by atoms with Crippen molar-refractivity contribution < 1.29 is 4.79 Å². The van der Waals surface area contributed by atoms with Crippen molar-refractivity contribution in [2.24, 2.45) is 0 Å². The van der Waals surface area contributed by atoms with Crippen LogP contribution in [0.15, 0.2) is 65.6 Å². The minimum atomic E-state index is 0.147. The molecule has 19 heavy (non-hydrogen) atoms. The first-order chi connectivity index (χ1) is 9.27. The predicted octanol–water partition coefficient (Wildman–Crippen LogP) is 4.58. The second kappa shape index (κ2) is 5.22. The van der Waals surface area contributed by atoms with Crippen molar-refractivity contribution in [3.8, 4) is 0 Å². The molecule has 0 N–H and O–H groups in total. The smallest absolute Gasteiger partial charge is 0.164 e. The maximum atomic E-state index is 12.3. The average molecular weight is 268 g/mol. The van der Waals surface area contributed by atoms with Gasteiger partial charge in [0.25, 0.3) is 0 Å². The number of carbonyl (C=O) groups excluding carboxylic acids is 1. The van der Waals surface area contributed by atoms with Gasteiger partial charge in [-0.15, -0.1) is 11.8 Å². The number of benzene rings is 2. The van der Waals surface area contributed by atoms with Crippen LogP contribution in [0, 0.1) is 0 Å². The van der Waals surface area contributed by atoms with Gasteiger partial charge in [0.05, 0.1) is 0 Å². The van der Waals surface area contributed by atoms with Gasteiger partial charge in [-0.25, -0.2) is 0 Å². The molecule has 0 bridgehead atoms. The summed E-state index contributed by atoms with van der Waals surface area (Å²) in [5.41, 5.74) is 0.836. The molecular formula is C17H16OS. The number of carbonyl (C=O) groups is 1. The van der Waals surface area contributed by atoms with Gasteiger partial charge in [0.1, 0.15) is 0 Å². The van der Waals surface area contributed by atoms with Crippen molar-refractivity contribution in [1.29, 1.82) is 0 Å². The molecule has 3 rings (SSSR count). The highest BCUT2D eigenvalue weighted by Crippen LogP contribution is 2.54. The van der Waals surface area contributed by atoms with Gasteiger partial charge >= 0.3 is 0 Å². The third kappa shape index (κ3) is 3.07. The highest BCUT2D eigenvalue weighted by Gasteiger charge is 2.45. The van der Waals surface area contributed by atoms with E-state index in [1.807, 2.05) is 48.2 Å². The van der Waals surface area contributed by atoms with Crippen molar-refractivity contribution in [2.45, 2.75) is 28.9 Å². The summed E-state index contributed by atoms with van der Waals surface area (Å²) in [6, 6.07) is 20.0. The summed E-state index contributed by atoms with van der Waals surface area (Å²) in [5.74, 6) is 0.265. The lowest BCUT2D eigenvalue weighted by molar-refractivity contribution is 0.0980. The Morgan fingerprint density at radius 1 is 0.947 bits per heavy atom. The Hall–Kier alpha value is -1.54. The lowest BCUT2D eigenvalue weighted by Crippen LogP contribution is -2.11. The SMILES string of the molecule is O=C(CC1(Sc2ccccc2)CC1)c1ccccc1. The van der Waals surface area contributed by atoms with Gasteiger partial charge in [0.2, 0.25) is 0 Å². The van der Waals surface area contributed by atoms with E-state index in [-0.39, 0.29) is 10.5 Å². The average Bonchev–Trinajstić information content (AvgIpc) is 3.20. The summed E-state index contributed by atoms with van der Waals surface area (Å²) in [7, 11) is 0. The second-order valence-electron chi connectivity index (χ2n) is 5.06. The monoisotopic (exact) mass is 268 g/mol. The van der Waals surface area contributed by atoms with E-state index in [4.69, 9.17) is 0 Å². The predicted molar refractivity (Wildman–Crippen MR) is 79.7 cm³/mol. The third-order valence-corrected chi connectivity index (χ3v) is 4.96. The standard InChI is InChI=1S/C17H16OS/c18-16(14-7-3-1-4-8-14)13-17(11-12-17)19-15-9-5-2-6-10-15/h1-10H,11-13H2. The summed E-state index contributed by atoms with van der Waals surface area (Å²) in [6.45, 7) is 0. The van der Waals surface area contributed by atoms with E-state index >= 15 is 0 Å². The Morgan fingerprint density at radius 2 is 1.53 bits per heavy atom. The van der Waals surface area contributed by atoms with Crippen LogP contribution < -0.4 is 0 Å². The van der Waals surface area contributed by atoms with Gasteiger partial charge in [-0.2, -0.15) is 0 Å². The van der Waals surface area contributed by atoms with E-state index in [1.54, 1.807) is 0 Å². The highest BCUT2D eigenvalue weighted by atomic mass is 32.2. The number of ketones is 1. The fourth-order valence-corrected chi connectivity index (χ4v) is 3.51. The molecule has 0 aromatic heterocycles. The summed E-state index contributed by atoms with van der Waals surface area (Å²) in [5, 5.41) is 0. The van der Waals surface area contributed by atoms with Gasteiger partial charge < -0.3 is 0 Å². The molecule has 0 unspecified atom stereocenters. The summed E-state index contributed by atoms with van der Waals surface area (Å²) in [4.78, 5) is 13.5. The van der Waals surface area contributed by atoms with Gasteiger partial charge in [0.15, 0.2) is 5.78 Å². The maximum Gasteiger partial charge on any atom is 0.164 e. The molecule has 0 amide bonds. The fourth-order valence-electron chi connectivity index (χ4n) is 2.21. The van der Waals surface area contributed by atoms with E-state index < -0.39 is 0 Å². The van der Waals surface area contributed by atoms with Crippen molar-refractivity contribution in [1.82, 2.24) is 0 Å². The Morgan fingerprint density at radius 3 is 2.11 bits per heavy atom. The van der Waals surface area contributed by atoms with Crippen molar-refractivity contribution in [2.75, 3.05) is 0 Å². The van der Waals surface area contributed by atoms with Gasteiger partial charge in [0, 0.05) is 21.6 Å². The van der Waals surface area contributed by atoms with Crippen molar-refractivity contribution in [3.05, 3.63) is 66.2 Å². The number of Topliss-reactive ketones (excluding diaryl/α,β-unsaturated/α-hetero) is 1. The molecule has 0 atom stereocenters. The normalized spacial score (nSPS) is 16.0. The van der Waals surface area contributed by atoms with Crippen LogP contribution in [0.3, 0.4) is 0 Å². The minimum Gasteiger partial charge on any atom is -0.294 e. The third-order valence-electron chi connectivity index (χ3n) is 3.46. The summed E-state index contributed by atoms with van der Waals surface area (Å²) < 4.78 is 0.147. The number of rotatable bonds is 5. The molecule has 1 aliphatic rings. The lowest BCUT2D eigenvalue weighted by Gasteiger charge is -2.13. The van der Waals surface area contributed by atoms with Gasteiger partial charge in [-0.3, -0.25) is 4.79 Å². The van der Waals surface area contributed by atoms with Crippen LogP contribution in [0.4, 0.5) is 0 Å².